The molecule has 2 N–H and O–H groups in total. The Kier molecular flexibility index (Phi) is 3.24. The molecule has 0 fully saturated rings. The van der Waals surface area contributed by atoms with E-state index in [0.717, 1.165) is 0 Å². The highest BCUT2D eigenvalue weighted by Gasteiger charge is 2.18. The van der Waals surface area contributed by atoms with Crippen molar-refractivity contribution >= 4 is 6.29 Å². The van der Waals surface area contributed by atoms with E-state index in [-0.39, 0.29) is 12.1 Å². The third-order valence-corrected chi connectivity index (χ3v) is 2.00. The molecule has 0 amide bonds. The molecule has 3 nitrogen and oxygen atoms in total. The zero-order valence-corrected chi connectivity index (χ0v) is 7.63. The van der Waals surface area contributed by atoms with Crippen LogP contribution in [0.4, 0.5) is 8.78 Å². The summed E-state index contributed by atoms with van der Waals surface area (Å²) in [6.45, 7) is 1.74. The fourth-order valence-electron chi connectivity index (χ4n) is 1.26. The van der Waals surface area contributed by atoms with Crippen LogP contribution in [-0.4, -0.2) is 11.3 Å². The van der Waals surface area contributed by atoms with E-state index in [9.17, 15) is 13.6 Å². The number of aldehydes is 1. The van der Waals surface area contributed by atoms with Crippen molar-refractivity contribution < 1.29 is 13.6 Å². The predicted molar refractivity (Wildman–Crippen MR) is 47.2 cm³/mol. The number of hydrogen-bond donors (Lipinski definition) is 1. The molecule has 0 aromatic carbocycles. The molecule has 0 aliphatic heterocycles. The summed E-state index contributed by atoms with van der Waals surface area (Å²) in [7, 11) is 0. The molecule has 1 heterocycles. The van der Waals surface area contributed by atoms with Gasteiger partial charge in [0.2, 0.25) is 0 Å². The largest absolute Gasteiger partial charge is 0.326 e. The quantitative estimate of drug-likeness (QED) is 0.754. The van der Waals surface area contributed by atoms with Gasteiger partial charge in [0.1, 0.15) is 5.69 Å². The number of carbonyl (C=O) groups excluding carboxylic acids is 1. The van der Waals surface area contributed by atoms with Crippen LogP contribution in [0.1, 0.15) is 33.6 Å². The number of nitrogens with zero attached hydrogens (tertiary/aromatic N) is 1. The van der Waals surface area contributed by atoms with Gasteiger partial charge < -0.3 is 5.73 Å². The van der Waals surface area contributed by atoms with Crippen LogP contribution in [0.2, 0.25) is 0 Å². The second-order valence-corrected chi connectivity index (χ2v) is 2.84. The average Bonchev–Trinajstić information content (AvgIpc) is 2.16. The summed E-state index contributed by atoms with van der Waals surface area (Å²) in [6, 6.07) is 0. The van der Waals surface area contributed by atoms with Crippen LogP contribution in [0.5, 0.6) is 0 Å². The van der Waals surface area contributed by atoms with Gasteiger partial charge >= 0.3 is 0 Å². The normalized spacial score (nSPS) is 10.6. The van der Waals surface area contributed by atoms with Crippen molar-refractivity contribution in [3.05, 3.63) is 28.6 Å². The molecule has 0 aliphatic carbocycles. The van der Waals surface area contributed by atoms with Gasteiger partial charge in [-0.05, 0) is 18.1 Å². The molecule has 0 bridgehead atoms. The molecule has 0 unspecified atom stereocenters. The van der Waals surface area contributed by atoms with Gasteiger partial charge in [-0.25, -0.2) is 8.78 Å². The molecular weight excluding hydrogens is 190 g/mol. The number of halogens is 2. The van der Waals surface area contributed by atoms with E-state index in [1.165, 1.54) is 6.20 Å². The minimum absolute atomic E-state index is 0.0577. The number of nitrogens with two attached hydrogens (primary N) is 1. The molecule has 0 spiro atoms. The number of pyridine rings is 1. The van der Waals surface area contributed by atoms with Crippen LogP contribution in [-0.2, 0) is 6.54 Å². The second kappa shape index (κ2) is 4.23. The summed E-state index contributed by atoms with van der Waals surface area (Å²) >= 11 is 0. The van der Waals surface area contributed by atoms with Crippen LogP contribution in [0, 0.1) is 6.92 Å². The number of alkyl halides is 2. The SMILES string of the molecule is Cc1cnc(C(F)F)c(C=O)c1CN. The molecule has 0 saturated carbocycles. The highest BCUT2D eigenvalue weighted by atomic mass is 19.3. The Morgan fingerprint density at radius 3 is 2.71 bits per heavy atom. The van der Waals surface area contributed by atoms with Gasteiger partial charge in [-0.1, -0.05) is 0 Å². The van der Waals surface area contributed by atoms with Crippen molar-refractivity contribution in [1.29, 1.82) is 0 Å². The van der Waals surface area contributed by atoms with E-state index < -0.39 is 12.1 Å². The van der Waals surface area contributed by atoms with Gasteiger partial charge in [-0.3, -0.25) is 9.78 Å². The Bertz CT molecular complexity index is 353. The Labute approximate surface area is 79.9 Å². The van der Waals surface area contributed by atoms with Crippen molar-refractivity contribution in [2.45, 2.75) is 19.9 Å². The van der Waals surface area contributed by atoms with Crippen molar-refractivity contribution in [3.8, 4) is 0 Å². The third-order valence-electron chi connectivity index (χ3n) is 2.00. The molecule has 5 heteroatoms. The predicted octanol–water partition coefficient (Wildman–Crippen LogP) is 1.60. The van der Waals surface area contributed by atoms with Crippen LogP contribution in [0.15, 0.2) is 6.20 Å². The fraction of sp³-hybridized carbons (Fsp3) is 0.333. The van der Waals surface area contributed by atoms with Gasteiger partial charge in [0.25, 0.3) is 6.43 Å². The van der Waals surface area contributed by atoms with Crippen LogP contribution in [0.25, 0.3) is 0 Å². The topological polar surface area (TPSA) is 56.0 Å². The van der Waals surface area contributed by atoms with Crippen molar-refractivity contribution in [2.75, 3.05) is 0 Å². The molecule has 1 aromatic rings. The Morgan fingerprint density at radius 2 is 2.29 bits per heavy atom. The Balaban J connectivity index is 3.40. The van der Waals surface area contributed by atoms with E-state index in [4.69, 9.17) is 5.73 Å². The number of rotatable bonds is 3. The molecule has 1 aromatic heterocycles. The highest BCUT2D eigenvalue weighted by Crippen LogP contribution is 2.23. The Hall–Kier alpha value is -1.36. The molecule has 1 rings (SSSR count). The summed E-state index contributed by atoms with van der Waals surface area (Å²) in [5.41, 5.74) is 5.88. The standard InChI is InChI=1S/C9H10F2N2O/c1-5-3-13-8(9(10)11)7(4-14)6(5)2-12/h3-4,9H,2,12H2,1H3. The first-order valence-electron chi connectivity index (χ1n) is 4.03. The molecule has 0 aliphatic rings. The maximum Gasteiger partial charge on any atom is 0.281 e. The van der Waals surface area contributed by atoms with E-state index in [2.05, 4.69) is 4.98 Å². The minimum atomic E-state index is -2.75. The van der Waals surface area contributed by atoms with Gasteiger partial charge in [-0.2, -0.15) is 0 Å². The van der Waals surface area contributed by atoms with Gasteiger partial charge in [0.15, 0.2) is 6.29 Å². The van der Waals surface area contributed by atoms with E-state index in [1.54, 1.807) is 6.92 Å². The molecular formula is C9H10F2N2O. The number of carbonyl (C=O) groups is 1. The minimum Gasteiger partial charge on any atom is -0.326 e. The number of hydrogen-bond acceptors (Lipinski definition) is 3. The number of aryl methyl sites for hydroxylation is 1. The van der Waals surface area contributed by atoms with E-state index in [0.29, 0.717) is 17.4 Å². The van der Waals surface area contributed by atoms with Gasteiger partial charge in [-0.15, -0.1) is 0 Å². The average molecular weight is 200 g/mol. The smallest absolute Gasteiger partial charge is 0.281 e. The summed E-state index contributed by atoms with van der Waals surface area (Å²) in [6.07, 6.45) is -1.07. The summed E-state index contributed by atoms with van der Waals surface area (Å²) in [4.78, 5) is 14.2. The maximum atomic E-state index is 12.4. The lowest BCUT2D eigenvalue weighted by molar-refractivity contribution is 0.110. The zero-order valence-electron chi connectivity index (χ0n) is 7.63. The Morgan fingerprint density at radius 1 is 1.64 bits per heavy atom. The lowest BCUT2D eigenvalue weighted by Crippen LogP contribution is -2.09. The summed E-state index contributed by atoms with van der Waals surface area (Å²) in [5, 5.41) is 0. The monoisotopic (exact) mass is 200 g/mol. The number of aromatic nitrogens is 1. The molecule has 0 saturated heterocycles. The fourth-order valence-corrected chi connectivity index (χ4v) is 1.26. The van der Waals surface area contributed by atoms with Crippen molar-refractivity contribution in [1.82, 2.24) is 4.98 Å². The maximum absolute atomic E-state index is 12.4. The lowest BCUT2D eigenvalue weighted by atomic mass is 10.0. The van der Waals surface area contributed by atoms with E-state index >= 15 is 0 Å². The van der Waals surface area contributed by atoms with Crippen LogP contribution < -0.4 is 5.73 Å². The zero-order chi connectivity index (χ0) is 10.7. The summed E-state index contributed by atoms with van der Waals surface area (Å²) in [5.74, 6) is 0. The van der Waals surface area contributed by atoms with Gasteiger partial charge in [0, 0.05) is 18.3 Å². The third kappa shape index (κ3) is 1.77. The second-order valence-electron chi connectivity index (χ2n) is 2.84. The first kappa shape index (κ1) is 10.7. The molecule has 76 valence electrons. The van der Waals surface area contributed by atoms with Crippen molar-refractivity contribution in [3.63, 3.8) is 0 Å². The lowest BCUT2D eigenvalue weighted by Gasteiger charge is -2.09. The highest BCUT2D eigenvalue weighted by molar-refractivity contribution is 5.79. The first-order chi connectivity index (χ1) is 6.61. The summed E-state index contributed by atoms with van der Waals surface area (Å²) < 4.78 is 24.8. The molecule has 0 atom stereocenters. The van der Waals surface area contributed by atoms with E-state index in [1.807, 2.05) is 0 Å². The first-order valence-corrected chi connectivity index (χ1v) is 4.03. The van der Waals surface area contributed by atoms with Gasteiger partial charge in [0.05, 0.1) is 0 Å². The molecule has 0 radical (unpaired) electrons. The molecule has 14 heavy (non-hydrogen) atoms. The van der Waals surface area contributed by atoms with Crippen LogP contribution in [0.3, 0.4) is 0 Å². The van der Waals surface area contributed by atoms with Crippen LogP contribution >= 0.6 is 0 Å². The van der Waals surface area contributed by atoms with Crippen molar-refractivity contribution in [2.24, 2.45) is 5.73 Å².